The second kappa shape index (κ2) is 22.0. The second-order valence-electron chi connectivity index (χ2n) is 11.4. The first-order valence-corrected chi connectivity index (χ1v) is 16.7. The van der Waals surface area contributed by atoms with E-state index in [2.05, 4.69) is 9.97 Å². The summed E-state index contributed by atoms with van der Waals surface area (Å²) < 4.78 is 12.1. The number of aromatic amines is 2. The molecule has 0 aliphatic rings. The Labute approximate surface area is 359 Å². The number of hydrogen-bond donors (Lipinski definition) is 5. The van der Waals surface area contributed by atoms with Crippen molar-refractivity contribution in [3.8, 4) is 0 Å². The molecule has 0 radical (unpaired) electrons. The maximum Gasteiger partial charge on any atom is 1.00 e. The van der Waals surface area contributed by atoms with Crippen LogP contribution in [0.4, 0.5) is 0 Å². The number of carboxylic acid groups (broad SMARTS) is 4. The normalized spacial score (nSPS) is 12.6. The first-order chi connectivity index (χ1) is 22.7. The van der Waals surface area contributed by atoms with Crippen LogP contribution in [0, 0.1) is 0 Å². The average molecular weight is 754 g/mol. The van der Waals surface area contributed by atoms with E-state index in [1.807, 2.05) is 0 Å². The summed E-state index contributed by atoms with van der Waals surface area (Å²) in [5.74, 6) is -6.08. The Morgan fingerprint density at radius 2 is 1.10 bits per heavy atom. The van der Waals surface area contributed by atoms with Crippen molar-refractivity contribution in [1.29, 1.82) is 0 Å². The van der Waals surface area contributed by atoms with Crippen molar-refractivity contribution < 1.29 is 143 Å². The number of hydrogen-bond acceptors (Lipinski definition) is 11. The van der Waals surface area contributed by atoms with Gasteiger partial charge in [-0.05, 0) is 36.1 Å². The maximum absolute atomic E-state index is 12.3. The number of carbonyl (C=O) groups is 4. The number of carbonyl (C=O) groups excluding carboxylic acids is 3. The molecule has 0 amide bonds. The zero-order valence-electron chi connectivity index (χ0n) is 28.7. The van der Waals surface area contributed by atoms with Crippen LogP contribution in [0.15, 0.2) is 60.9 Å². The predicted octanol–water partition coefficient (Wildman–Crippen LogP) is -11.4. The Balaban J connectivity index is 0.00000433. The summed E-state index contributed by atoms with van der Waals surface area (Å²) in [6, 6.07) is 11.3. The molecule has 0 saturated carbocycles. The van der Waals surface area contributed by atoms with E-state index in [4.69, 9.17) is 0 Å². The van der Waals surface area contributed by atoms with Crippen LogP contribution < -0.4 is 104 Å². The molecule has 4 aromatic rings. The minimum Gasteiger partial charge on any atom is -0.549 e. The quantitative estimate of drug-likeness (QED) is 0.0415. The number of aromatic nitrogens is 2. The zero-order valence-corrected chi connectivity index (χ0v) is 35.6. The fourth-order valence-corrected chi connectivity index (χ4v) is 6.63. The van der Waals surface area contributed by atoms with E-state index in [1.165, 1.54) is 4.90 Å². The maximum atomic E-state index is 12.3. The van der Waals surface area contributed by atoms with Crippen molar-refractivity contribution in [3.05, 3.63) is 72.1 Å². The molecule has 0 fully saturated rings. The summed E-state index contributed by atoms with van der Waals surface area (Å²) in [6.07, 6.45) is 2.04. The molecule has 2 aromatic heterocycles. The minimum absolute atomic E-state index is 0. The fraction of sp³-hybridized carbons (Fsp3) is 0.355. The molecule has 0 bridgehead atoms. The number of carboxylic acids is 4. The second-order valence-corrected chi connectivity index (χ2v) is 13.0. The van der Waals surface area contributed by atoms with E-state index in [0.29, 0.717) is 16.5 Å². The molecule has 258 valence electrons. The van der Waals surface area contributed by atoms with Crippen molar-refractivity contribution in [2.45, 2.75) is 24.9 Å². The molecular formula is C31H35N5Na3O11P. The van der Waals surface area contributed by atoms with Gasteiger partial charge in [0.05, 0.1) is 36.5 Å². The van der Waals surface area contributed by atoms with Gasteiger partial charge < -0.3 is 54.6 Å². The summed E-state index contributed by atoms with van der Waals surface area (Å²) in [6.45, 7) is -2.75. The summed E-state index contributed by atoms with van der Waals surface area (Å²) in [7, 11) is -4.75. The number of H-pyrrole nitrogens is 2. The first-order valence-electron chi connectivity index (χ1n) is 14.9. The SMILES string of the molecule is O=C([O-])CN(CCN(CCN(CC(=O)O)[C@@H](Cc1c[nH]c2ccccc12)C(=O)[O-])CP(=O)(O)O)[C@@H](Cc1c[nH]c2ccccc12)C(=O)[O-].[Na+].[Na+].[Na+]. The van der Waals surface area contributed by atoms with Gasteiger partial charge in [-0.25, -0.2) is 0 Å². The van der Waals surface area contributed by atoms with E-state index in [0.717, 1.165) is 26.2 Å². The number of aliphatic carboxylic acids is 4. The predicted molar refractivity (Wildman–Crippen MR) is 166 cm³/mol. The van der Waals surface area contributed by atoms with Gasteiger partial charge in [0, 0.05) is 66.9 Å². The number of benzene rings is 2. The van der Waals surface area contributed by atoms with Gasteiger partial charge in [-0.15, -0.1) is 0 Å². The average Bonchev–Trinajstić information content (AvgIpc) is 3.61. The molecule has 0 saturated heterocycles. The molecule has 51 heavy (non-hydrogen) atoms. The molecule has 0 aliphatic carbocycles. The molecule has 16 nitrogen and oxygen atoms in total. The summed E-state index contributed by atoms with van der Waals surface area (Å²) >= 11 is 0. The van der Waals surface area contributed by atoms with Crippen LogP contribution >= 0.6 is 7.60 Å². The van der Waals surface area contributed by atoms with Gasteiger partial charge in [0.25, 0.3) is 0 Å². The van der Waals surface area contributed by atoms with Crippen LogP contribution in [0.2, 0.25) is 0 Å². The van der Waals surface area contributed by atoms with Crippen LogP contribution in [-0.2, 0) is 36.6 Å². The van der Waals surface area contributed by atoms with Gasteiger partial charge in [-0.3, -0.25) is 24.1 Å². The summed E-state index contributed by atoms with van der Waals surface area (Å²) in [4.78, 5) is 76.9. The van der Waals surface area contributed by atoms with Crippen molar-refractivity contribution in [3.63, 3.8) is 0 Å². The number of nitrogens with zero attached hydrogens (tertiary/aromatic N) is 3. The molecule has 0 aliphatic heterocycles. The molecule has 2 heterocycles. The van der Waals surface area contributed by atoms with E-state index in [9.17, 15) is 54.0 Å². The van der Waals surface area contributed by atoms with Crippen molar-refractivity contribution in [2.24, 2.45) is 0 Å². The summed E-state index contributed by atoms with van der Waals surface area (Å²) in [5.41, 5.74) is 2.63. The molecule has 20 heteroatoms. The van der Waals surface area contributed by atoms with Crippen molar-refractivity contribution >= 4 is 53.3 Å². The Hall–Kier alpha value is -1.57. The Kier molecular flexibility index (Phi) is 20.4. The topological polar surface area (TPSA) is 257 Å². The van der Waals surface area contributed by atoms with Crippen LogP contribution in [0.5, 0.6) is 0 Å². The van der Waals surface area contributed by atoms with E-state index >= 15 is 0 Å². The standard InChI is InChI=1S/C31H38N5O11P.3Na/c37-28(38)17-35(26(30(41)42)13-20-15-32-24-7-3-1-5-22(20)24)11-9-34(19-48(45,46)47)10-12-36(18-29(39)40)27(31(43)44)14-21-16-33-25-8-4-2-6-23(21)25;;;/h1-8,15-16,26-27,32-33H,9-14,17-19H2,(H,37,38)(H,39,40)(H,41,42)(H,43,44)(H2,45,46,47);;;/q;3*+1/p-3/t26-,27-;;;/m0.../s1. The minimum atomic E-state index is -4.75. The number of rotatable bonds is 20. The van der Waals surface area contributed by atoms with Gasteiger partial charge in [0.15, 0.2) is 0 Å². The van der Waals surface area contributed by atoms with Gasteiger partial charge in [0.2, 0.25) is 0 Å². The molecule has 4 rings (SSSR count). The van der Waals surface area contributed by atoms with Crippen LogP contribution in [-0.4, -0.2) is 121 Å². The molecule has 5 N–H and O–H groups in total. The van der Waals surface area contributed by atoms with Crippen LogP contribution in [0.1, 0.15) is 11.1 Å². The van der Waals surface area contributed by atoms with E-state index < -0.39 is 62.9 Å². The smallest absolute Gasteiger partial charge is 0.549 e. The molecule has 0 unspecified atom stereocenters. The molecule has 0 spiro atoms. The number of para-hydroxylation sites is 2. The van der Waals surface area contributed by atoms with Crippen LogP contribution in [0.25, 0.3) is 21.8 Å². The van der Waals surface area contributed by atoms with Gasteiger partial charge in [0.1, 0.15) is 6.29 Å². The van der Waals surface area contributed by atoms with Gasteiger partial charge in [-0.1, -0.05) is 36.4 Å². The molecule has 2 aromatic carbocycles. The monoisotopic (exact) mass is 753 g/mol. The van der Waals surface area contributed by atoms with Crippen molar-refractivity contribution in [1.82, 2.24) is 24.7 Å². The largest absolute Gasteiger partial charge is 1.00 e. The third-order valence-corrected chi connectivity index (χ3v) is 8.83. The Morgan fingerprint density at radius 3 is 1.47 bits per heavy atom. The van der Waals surface area contributed by atoms with Crippen LogP contribution in [0.3, 0.4) is 0 Å². The van der Waals surface area contributed by atoms with Crippen molar-refractivity contribution in [2.75, 3.05) is 45.6 Å². The van der Waals surface area contributed by atoms with Gasteiger partial charge in [-0.2, -0.15) is 0 Å². The third kappa shape index (κ3) is 14.3. The Morgan fingerprint density at radius 1 is 0.686 bits per heavy atom. The third-order valence-electron chi connectivity index (χ3n) is 8.06. The first kappa shape index (κ1) is 47.5. The summed E-state index contributed by atoms with van der Waals surface area (Å²) in [5, 5.41) is 47.3. The fourth-order valence-electron chi connectivity index (χ4n) is 5.82. The Bertz CT molecular complexity index is 1700. The van der Waals surface area contributed by atoms with E-state index in [1.54, 1.807) is 60.9 Å². The molecule has 2 atom stereocenters. The number of fused-ring (bicyclic) bond motifs is 2. The molecular weight excluding hydrogens is 718 g/mol. The van der Waals surface area contributed by atoms with Gasteiger partial charge >= 0.3 is 102 Å². The number of nitrogens with one attached hydrogen (secondary N) is 2. The van der Waals surface area contributed by atoms with E-state index in [-0.39, 0.29) is 128 Å². The zero-order chi connectivity index (χ0) is 35.0.